The molecule has 1 saturated heterocycles. The summed E-state index contributed by atoms with van der Waals surface area (Å²) < 4.78 is 7.13. The van der Waals surface area contributed by atoms with Crippen LogP contribution in [0.25, 0.3) is 5.65 Å². The van der Waals surface area contributed by atoms with E-state index in [1.165, 1.54) is 0 Å². The van der Waals surface area contributed by atoms with Crippen LogP contribution in [0.15, 0.2) is 6.20 Å². The number of rotatable bonds is 6. The maximum atomic E-state index is 10.8. The SMILES string of the molecule is CCCCOc1nc(N)c2ncc(C(O)C3CCNC(C)C3)n2n1. The molecule has 3 rings (SSSR count). The normalized spacial score (nSPS) is 22.6. The van der Waals surface area contributed by atoms with Crippen LogP contribution in [-0.4, -0.2) is 43.9 Å². The molecule has 3 heterocycles. The third kappa shape index (κ3) is 3.44. The van der Waals surface area contributed by atoms with E-state index >= 15 is 0 Å². The lowest BCUT2D eigenvalue weighted by molar-refractivity contribution is 0.0744. The van der Waals surface area contributed by atoms with Crippen LogP contribution in [0, 0.1) is 5.92 Å². The summed E-state index contributed by atoms with van der Waals surface area (Å²) in [6.45, 7) is 5.67. The van der Waals surface area contributed by atoms with Crippen LogP contribution in [0.3, 0.4) is 0 Å². The van der Waals surface area contributed by atoms with Gasteiger partial charge in [0.2, 0.25) is 0 Å². The van der Waals surface area contributed by atoms with Crippen molar-refractivity contribution < 1.29 is 9.84 Å². The van der Waals surface area contributed by atoms with E-state index in [0.717, 1.165) is 32.2 Å². The highest BCUT2D eigenvalue weighted by Gasteiger charge is 2.29. The van der Waals surface area contributed by atoms with Gasteiger partial charge in [-0.15, -0.1) is 5.10 Å². The quantitative estimate of drug-likeness (QED) is 0.683. The maximum Gasteiger partial charge on any atom is 0.336 e. The lowest BCUT2D eigenvalue weighted by atomic mass is 9.87. The fourth-order valence-corrected chi connectivity index (χ4v) is 3.17. The van der Waals surface area contributed by atoms with E-state index in [-0.39, 0.29) is 17.7 Å². The molecule has 0 saturated carbocycles. The van der Waals surface area contributed by atoms with Crippen molar-refractivity contribution in [3.63, 3.8) is 0 Å². The number of nitrogens with two attached hydrogens (primary N) is 1. The first kappa shape index (κ1) is 16.9. The minimum atomic E-state index is -0.637. The van der Waals surface area contributed by atoms with E-state index in [9.17, 15) is 5.11 Å². The predicted octanol–water partition coefficient (Wildman–Crippen LogP) is 1.31. The average molecular weight is 334 g/mol. The number of hydrogen-bond donors (Lipinski definition) is 3. The smallest absolute Gasteiger partial charge is 0.336 e. The molecular formula is C16H26N6O2. The number of fused-ring (bicyclic) bond motifs is 1. The molecule has 0 radical (unpaired) electrons. The molecule has 1 aliphatic heterocycles. The van der Waals surface area contributed by atoms with Crippen molar-refractivity contribution in [1.29, 1.82) is 0 Å². The molecule has 2 aromatic rings. The van der Waals surface area contributed by atoms with Crippen molar-refractivity contribution in [3.05, 3.63) is 11.9 Å². The number of hydrogen-bond acceptors (Lipinski definition) is 7. The van der Waals surface area contributed by atoms with Gasteiger partial charge in [0.15, 0.2) is 11.5 Å². The van der Waals surface area contributed by atoms with Crippen molar-refractivity contribution in [2.24, 2.45) is 5.92 Å². The minimum absolute atomic E-state index is 0.168. The second-order valence-electron chi connectivity index (χ2n) is 6.48. The van der Waals surface area contributed by atoms with Gasteiger partial charge in [0.05, 0.1) is 18.5 Å². The van der Waals surface area contributed by atoms with E-state index < -0.39 is 6.10 Å². The number of aliphatic hydroxyl groups excluding tert-OH is 1. The number of nitrogens with one attached hydrogen (secondary N) is 1. The molecule has 8 heteroatoms. The van der Waals surface area contributed by atoms with Crippen molar-refractivity contribution in [3.8, 4) is 6.01 Å². The summed E-state index contributed by atoms with van der Waals surface area (Å²) >= 11 is 0. The molecule has 24 heavy (non-hydrogen) atoms. The number of aromatic nitrogens is 4. The molecule has 8 nitrogen and oxygen atoms in total. The summed E-state index contributed by atoms with van der Waals surface area (Å²) in [6.07, 6.45) is 4.78. The Hall–Kier alpha value is -1.93. The monoisotopic (exact) mass is 334 g/mol. The molecular weight excluding hydrogens is 308 g/mol. The maximum absolute atomic E-state index is 10.8. The standard InChI is InChI=1S/C16H26N6O2/c1-3-4-7-24-16-20-14(17)15-19-9-12(22(15)21-16)13(23)11-5-6-18-10(2)8-11/h9-11,13,18,23H,3-8H2,1-2H3,(H2,17,20,21). The lowest BCUT2D eigenvalue weighted by Crippen LogP contribution is -2.38. The van der Waals surface area contributed by atoms with Crippen LogP contribution < -0.4 is 15.8 Å². The van der Waals surface area contributed by atoms with E-state index in [1.807, 2.05) is 0 Å². The molecule has 3 atom stereocenters. The van der Waals surface area contributed by atoms with E-state index in [4.69, 9.17) is 10.5 Å². The van der Waals surface area contributed by atoms with Crippen molar-refractivity contribution >= 4 is 11.5 Å². The third-order valence-electron chi connectivity index (χ3n) is 4.54. The molecule has 4 N–H and O–H groups in total. The average Bonchev–Trinajstić information content (AvgIpc) is 2.99. The summed E-state index contributed by atoms with van der Waals surface area (Å²) in [7, 11) is 0. The van der Waals surface area contributed by atoms with E-state index in [0.29, 0.717) is 24.0 Å². The minimum Gasteiger partial charge on any atom is -0.462 e. The summed E-state index contributed by atoms with van der Waals surface area (Å²) in [5, 5.41) is 18.6. The van der Waals surface area contributed by atoms with Gasteiger partial charge in [0.1, 0.15) is 6.10 Å². The largest absolute Gasteiger partial charge is 0.462 e. The zero-order valence-corrected chi connectivity index (χ0v) is 14.3. The van der Waals surface area contributed by atoms with Gasteiger partial charge in [0, 0.05) is 6.04 Å². The predicted molar refractivity (Wildman–Crippen MR) is 90.7 cm³/mol. The molecule has 3 unspecified atom stereocenters. The number of unbranched alkanes of at least 4 members (excludes halogenated alkanes) is 1. The summed E-state index contributed by atoms with van der Waals surface area (Å²) in [5.41, 5.74) is 7.06. The first-order valence-corrected chi connectivity index (χ1v) is 8.65. The second-order valence-corrected chi connectivity index (χ2v) is 6.48. The zero-order chi connectivity index (χ0) is 17.1. The van der Waals surface area contributed by atoms with Crippen LogP contribution >= 0.6 is 0 Å². The van der Waals surface area contributed by atoms with Crippen molar-refractivity contribution in [2.75, 3.05) is 18.9 Å². The Kier molecular flexibility index (Phi) is 5.15. The number of anilines is 1. The van der Waals surface area contributed by atoms with Gasteiger partial charge >= 0.3 is 6.01 Å². The van der Waals surface area contributed by atoms with Crippen LogP contribution in [-0.2, 0) is 0 Å². The fourth-order valence-electron chi connectivity index (χ4n) is 3.17. The highest BCUT2D eigenvalue weighted by Crippen LogP contribution is 2.31. The van der Waals surface area contributed by atoms with Gasteiger partial charge in [0.25, 0.3) is 0 Å². The molecule has 0 bridgehead atoms. The van der Waals surface area contributed by atoms with Crippen LogP contribution in [0.4, 0.5) is 5.82 Å². The first-order valence-electron chi connectivity index (χ1n) is 8.65. The summed E-state index contributed by atoms with van der Waals surface area (Å²) in [6, 6.07) is 0.615. The van der Waals surface area contributed by atoms with Gasteiger partial charge in [-0.25, -0.2) is 9.50 Å². The van der Waals surface area contributed by atoms with Gasteiger partial charge in [-0.2, -0.15) is 4.98 Å². The third-order valence-corrected chi connectivity index (χ3v) is 4.54. The fraction of sp³-hybridized carbons (Fsp3) is 0.688. The van der Waals surface area contributed by atoms with Crippen molar-refractivity contribution in [1.82, 2.24) is 24.9 Å². The number of imidazole rings is 1. The van der Waals surface area contributed by atoms with E-state index in [1.54, 1.807) is 10.7 Å². The highest BCUT2D eigenvalue weighted by atomic mass is 16.5. The Morgan fingerprint density at radius 3 is 3.12 bits per heavy atom. The topological polar surface area (TPSA) is 111 Å². The number of nitrogen functional groups attached to an aromatic ring is 1. The van der Waals surface area contributed by atoms with Crippen LogP contribution in [0.5, 0.6) is 6.01 Å². The van der Waals surface area contributed by atoms with Gasteiger partial charge in [-0.1, -0.05) is 13.3 Å². The highest BCUT2D eigenvalue weighted by molar-refractivity contribution is 5.59. The molecule has 132 valence electrons. The Morgan fingerprint density at radius 2 is 2.38 bits per heavy atom. The zero-order valence-electron chi connectivity index (χ0n) is 14.3. The molecule has 0 aromatic carbocycles. The first-order chi connectivity index (χ1) is 11.6. The Morgan fingerprint density at radius 1 is 1.54 bits per heavy atom. The molecule has 0 aliphatic carbocycles. The van der Waals surface area contributed by atoms with Gasteiger partial charge in [-0.05, 0) is 38.6 Å². The Labute approximate surface area is 141 Å². The van der Waals surface area contributed by atoms with Gasteiger partial charge in [-0.3, -0.25) is 0 Å². The number of piperidine rings is 1. The molecule has 0 amide bonds. The lowest BCUT2D eigenvalue weighted by Gasteiger charge is -2.31. The van der Waals surface area contributed by atoms with Gasteiger partial charge < -0.3 is 20.9 Å². The number of aliphatic hydroxyl groups is 1. The Balaban J connectivity index is 1.87. The number of nitrogens with zero attached hydrogens (tertiary/aromatic N) is 4. The Bertz CT molecular complexity index is 689. The second kappa shape index (κ2) is 7.31. The van der Waals surface area contributed by atoms with E-state index in [2.05, 4.69) is 34.2 Å². The molecule has 0 spiro atoms. The van der Waals surface area contributed by atoms with Crippen LogP contribution in [0.2, 0.25) is 0 Å². The summed E-state index contributed by atoms with van der Waals surface area (Å²) in [5.74, 6) is 0.426. The van der Waals surface area contributed by atoms with Crippen molar-refractivity contribution in [2.45, 2.75) is 51.7 Å². The molecule has 2 aromatic heterocycles. The number of ether oxygens (including phenoxy) is 1. The molecule has 1 fully saturated rings. The summed E-state index contributed by atoms with van der Waals surface area (Å²) in [4.78, 5) is 8.41. The molecule has 1 aliphatic rings. The van der Waals surface area contributed by atoms with Crippen LogP contribution in [0.1, 0.15) is 51.3 Å².